The number of aliphatic carboxylic acids is 1. The Balaban J connectivity index is 0.000000810. The molecule has 3 nitrogen and oxygen atoms in total. The first-order chi connectivity index (χ1) is 4.30. The molecule has 0 aromatic heterocycles. The van der Waals surface area contributed by atoms with Crippen LogP contribution in [0.2, 0.25) is 0 Å². The van der Waals surface area contributed by atoms with E-state index in [0.29, 0.717) is 0 Å². The Bertz CT molecular complexity index is 108. The van der Waals surface area contributed by atoms with Crippen LogP contribution in [0.15, 0.2) is 0 Å². The normalized spacial score (nSPS) is 25.0. The predicted octanol–water partition coefficient (Wildman–Crippen LogP) is 0.849. The average Bonchev–Trinajstić information content (AvgIpc) is 1.90. The first-order valence-electron chi connectivity index (χ1n) is 3.27. The summed E-state index contributed by atoms with van der Waals surface area (Å²) in [6.45, 7) is 0.858. The summed E-state index contributed by atoms with van der Waals surface area (Å²) < 4.78 is 0. The van der Waals surface area contributed by atoms with Gasteiger partial charge in [0.1, 0.15) is 6.04 Å². The third kappa shape index (κ3) is 2.35. The summed E-state index contributed by atoms with van der Waals surface area (Å²) in [6, 6.07) is -0.279. The first-order valence-corrected chi connectivity index (χ1v) is 3.27. The molecule has 10 heavy (non-hydrogen) atoms. The van der Waals surface area contributed by atoms with E-state index < -0.39 is 5.97 Å². The summed E-state index contributed by atoms with van der Waals surface area (Å²) in [7, 11) is 0. The predicted molar refractivity (Wildman–Crippen MR) is 40.0 cm³/mol. The number of carboxylic acids is 1. The average molecular weight is 145 g/mol. The van der Waals surface area contributed by atoms with E-state index in [1.54, 1.807) is 0 Å². The molecule has 60 valence electrons. The summed E-state index contributed by atoms with van der Waals surface area (Å²) in [4.78, 5) is 10.3. The van der Waals surface area contributed by atoms with Crippen molar-refractivity contribution in [1.29, 1.82) is 0 Å². The van der Waals surface area contributed by atoms with Crippen molar-refractivity contribution in [2.75, 3.05) is 6.54 Å². The molecular weight excluding hydrogens is 130 g/mol. The number of rotatable bonds is 1. The maximum atomic E-state index is 10.3. The molecule has 2 N–H and O–H groups in total. The van der Waals surface area contributed by atoms with E-state index in [1.807, 2.05) is 0 Å². The minimum Gasteiger partial charge on any atom is -0.480 e. The number of carboxylic acid groups (broad SMARTS) is 1. The van der Waals surface area contributed by atoms with Gasteiger partial charge >= 0.3 is 5.97 Å². The van der Waals surface area contributed by atoms with Gasteiger partial charge in [-0.25, -0.2) is 0 Å². The fourth-order valence-electron chi connectivity index (χ4n) is 1.06. The van der Waals surface area contributed by atoms with E-state index >= 15 is 0 Å². The number of hydrogen-bond acceptors (Lipinski definition) is 2. The van der Waals surface area contributed by atoms with Crippen LogP contribution in [0.3, 0.4) is 0 Å². The molecule has 1 unspecified atom stereocenters. The minimum absolute atomic E-state index is 0. The largest absolute Gasteiger partial charge is 0.480 e. The molecule has 1 atom stereocenters. The van der Waals surface area contributed by atoms with E-state index in [4.69, 9.17) is 5.11 Å². The molecular formula is C7H15NO2. The van der Waals surface area contributed by atoms with E-state index in [-0.39, 0.29) is 13.5 Å². The van der Waals surface area contributed by atoms with E-state index in [9.17, 15) is 4.79 Å². The monoisotopic (exact) mass is 145 g/mol. The van der Waals surface area contributed by atoms with Gasteiger partial charge in [-0.1, -0.05) is 13.8 Å². The fraction of sp³-hybridized carbons (Fsp3) is 0.857. The van der Waals surface area contributed by atoms with Crippen LogP contribution in [-0.2, 0) is 4.79 Å². The minimum atomic E-state index is -0.713. The number of piperidine rings is 1. The lowest BCUT2D eigenvalue weighted by Gasteiger charge is -2.18. The second-order valence-electron chi connectivity index (χ2n) is 2.34. The highest BCUT2D eigenvalue weighted by atomic mass is 16.4. The van der Waals surface area contributed by atoms with Gasteiger partial charge in [0.15, 0.2) is 0 Å². The molecule has 0 spiro atoms. The molecule has 3 heteroatoms. The highest BCUT2D eigenvalue weighted by Gasteiger charge is 2.18. The summed E-state index contributed by atoms with van der Waals surface area (Å²) in [5.41, 5.74) is 0. The van der Waals surface area contributed by atoms with Crippen LogP contribution in [-0.4, -0.2) is 23.7 Å². The summed E-state index contributed by atoms with van der Waals surface area (Å²) in [6.07, 6.45) is 2.95. The van der Waals surface area contributed by atoms with Crippen molar-refractivity contribution in [1.82, 2.24) is 5.32 Å². The maximum Gasteiger partial charge on any atom is 0.320 e. The van der Waals surface area contributed by atoms with Gasteiger partial charge in [0.05, 0.1) is 0 Å². The Morgan fingerprint density at radius 1 is 1.50 bits per heavy atom. The van der Waals surface area contributed by atoms with E-state index in [0.717, 1.165) is 25.8 Å². The van der Waals surface area contributed by atoms with Crippen LogP contribution in [0.1, 0.15) is 26.7 Å². The molecule has 0 aliphatic carbocycles. The molecule has 0 aromatic rings. The molecule has 0 aromatic carbocycles. The van der Waals surface area contributed by atoms with Crippen molar-refractivity contribution in [3.63, 3.8) is 0 Å². The van der Waals surface area contributed by atoms with Gasteiger partial charge in [-0.2, -0.15) is 0 Å². The zero-order valence-electron chi connectivity index (χ0n) is 5.26. The molecule has 1 rings (SSSR count). The lowest BCUT2D eigenvalue weighted by atomic mass is 10.1. The Labute approximate surface area is 61.4 Å². The van der Waals surface area contributed by atoms with Crippen molar-refractivity contribution in [2.45, 2.75) is 32.7 Å². The third-order valence-corrected chi connectivity index (χ3v) is 1.61. The van der Waals surface area contributed by atoms with Gasteiger partial charge < -0.3 is 10.4 Å². The van der Waals surface area contributed by atoms with Crippen LogP contribution in [0.4, 0.5) is 0 Å². The van der Waals surface area contributed by atoms with Gasteiger partial charge in [0.2, 0.25) is 0 Å². The lowest BCUT2D eigenvalue weighted by molar-refractivity contribution is -0.140. The van der Waals surface area contributed by atoms with Crippen LogP contribution < -0.4 is 5.32 Å². The van der Waals surface area contributed by atoms with Crippen LogP contribution in [0.5, 0.6) is 0 Å². The molecule has 0 amide bonds. The molecule has 1 aliphatic heterocycles. The highest BCUT2D eigenvalue weighted by Crippen LogP contribution is 2.05. The van der Waals surface area contributed by atoms with Crippen molar-refractivity contribution < 1.29 is 9.90 Å². The highest BCUT2D eigenvalue weighted by molar-refractivity contribution is 5.73. The van der Waals surface area contributed by atoms with Gasteiger partial charge in [-0.05, 0) is 19.4 Å². The smallest absolute Gasteiger partial charge is 0.320 e. The Morgan fingerprint density at radius 3 is 2.50 bits per heavy atom. The molecule has 0 saturated carbocycles. The SMILES string of the molecule is C.O=C(O)C1CCCCN1. The Hall–Kier alpha value is -0.570. The first kappa shape index (κ1) is 9.43. The maximum absolute atomic E-state index is 10.3. The summed E-state index contributed by atoms with van der Waals surface area (Å²) in [5, 5.41) is 11.4. The van der Waals surface area contributed by atoms with E-state index in [1.165, 1.54) is 0 Å². The van der Waals surface area contributed by atoms with Gasteiger partial charge in [0, 0.05) is 0 Å². The molecule has 1 saturated heterocycles. The van der Waals surface area contributed by atoms with Crippen molar-refractivity contribution in [3.05, 3.63) is 0 Å². The molecule has 0 radical (unpaired) electrons. The summed E-state index contributed by atoms with van der Waals surface area (Å²) in [5.74, 6) is -0.713. The second-order valence-corrected chi connectivity index (χ2v) is 2.34. The van der Waals surface area contributed by atoms with Crippen LogP contribution in [0.25, 0.3) is 0 Å². The van der Waals surface area contributed by atoms with Crippen LogP contribution in [0, 0.1) is 0 Å². The van der Waals surface area contributed by atoms with Crippen molar-refractivity contribution >= 4 is 5.97 Å². The number of hydrogen-bond donors (Lipinski definition) is 2. The Kier molecular flexibility index (Phi) is 4.03. The Morgan fingerprint density at radius 2 is 2.20 bits per heavy atom. The van der Waals surface area contributed by atoms with Gasteiger partial charge in [-0.3, -0.25) is 4.79 Å². The topological polar surface area (TPSA) is 49.3 Å². The number of nitrogens with one attached hydrogen (secondary N) is 1. The molecule has 1 heterocycles. The summed E-state index contributed by atoms with van der Waals surface area (Å²) >= 11 is 0. The molecule has 1 fully saturated rings. The van der Waals surface area contributed by atoms with Crippen molar-refractivity contribution in [3.8, 4) is 0 Å². The zero-order chi connectivity index (χ0) is 6.69. The quantitative estimate of drug-likeness (QED) is 0.575. The van der Waals surface area contributed by atoms with Crippen molar-refractivity contribution in [2.24, 2.45) is 0 Å². The molecule has 0 bridgehead atoms. The third-order valence-electron chi connectivity index (χ3n) is 1.61. The van der Waals surface area contributed by atoms with Gasteiger partial charge in [0.25, 0.3) is 0 Å². The van der Waals surface area contributed by atoms with Gasteiger partial charge in [-0.15, -0.1) is 0 Å². The van der Waals surface area contributed by atoms with E-state index in [2.05, 4.69) is 5.32 Å². The standard InChI is InChI=1S/C6H11NO2.CH4/c8-6(9)5-3-1-2-4-7-5;/h5,7H,1-4H2,(H,8,9);1H4. The fourth-order valence-corrected chi connectivity index (χ4v) is 1.06. The number of carbonyl (C=O) groups is 1. The molecule has 1 aliphatic rings. The zero-order valence-corrected chi connectivity index (χ0v) is 5.26. The second kappa shape index (κ2) is 4.28. The van der Waals surface area contributed by atoms with Crippen LogP contribution >= 0.6 is 0 Å². The lowest BCUT2D eigenvalue weighted by Crippen LogP contribution is -2.40.